The van der Waals surface area contributed by atoms with E-state index < -0.39 is 0 Å². The van der Waals surface area contributed by atoms with Crippen molar-refractivity contribution < 1.29 is 4.74 Å². The smallest absolute Gasteiger partial charge is 0.137 e. The van der Waals surface area contributed by atoms with E-state index in [-0.39, 0.29) is 5.54 Å². The SMILES string of the molecule is NC1(COc2ccc(I)nc2)CCC1. The van der Waals surface area contributed by atoms with Crippen molar-refractivity contribution in [2.45, 2.75) is 24.8 Å². The van der Waals surface area contributed by atoms with Gasteiger partial charge in [0.2, 0.25) is 0 Å². The largest absolute Gasteiger partial charge is 0.490 e. The zero-order valence-electron chi connectivity index (χ0n) is 7.87. The lowest BCUT2D eigenvalue weighted by Crippen LogP contribution is -2.51. The van der Waals surface area contributed by atoms with Gasteiger partial charge >= 0.3 is 0 Å². The van der Waals surface area contributed by atoms with Crippen LogP contribution in [-0.2, 0) is 0 Å². The Kier molecular flexibility index (Phi) is 2.92. The van der Waals surface area contributed by atoms with Gasteiger partial charge in [0, 0.05) is 0 Å². The van der Waals surface area contributed by atoms with Crippen molar-refractivity contribution in [3.63, 3.8) is 0 Å². The minimum absolute atomic E-state index is 0.0804. The standard InChI is InChI=1S/C10H13IN2O/c11-9-3-2-8(6-13-9)14-7-10(12)4-1-5-10/h2-3,6H,1,4-5,7,12H2. The molecule has 1 aliphatic rings. The third kappa shape index (κ3) is 2.36. The Bertz CT molecular complexity index is 308. The Morgan fingerprint density at radius 3 is 2.79 bits per heavy atom. The molecule has 1 heterocycles. The molecule has 1 fully saturated rings. The highest BCUT2D eigenvalue weighted by atomic mass is 127. The lowest BCUT2D eigenvalue weighted by atomic mass is 9.78. The van der Waals surface area contributed by atoms with Crippen LogP contribution in [0.3, 0.4) is 0 Å². The van der Waals surface area contributed by atoms with Gasteiger partial charge in [-0.15, -0.1) is 0 Å². The zero-order valence-corrected chi connectivity index (χ0v) is 10.0. The Hall–Kier alpha value is -0.360. The maximum absolute atomic E-state index is 6.03. The lowest BCUT2D eigenvalue weighted by molar-refractivity contribution is 0.142. The summed E-state index contributed by atoms with van der Waals surface area (Å²) in [4.78, 5) is 4.14. The van der Waals surface area contributed by atoms with Gasteiger partial charge in [-0.1, -0.05) is 0 Å². The predicted octanol–water partition coefficient (Wildman–Crippen LogP) is 1.95. The van der Waals surface area contributed by atoms with Crippen molar-refractivity contribution in [3.05, 3.63) is 22.0 Å². The molecule has 0 aromatic carbocycles. The number of rotatable bonds is 3. The number of nitrogens with zero attached hydrogens (tertiary/aromatic N) is 1. The molecule has 2 rings (SSSR count). The summed E-state index contributed by atoms with van der Waals surface area (Å²) in [6.45, 7) is 0.606. The molecule has 1 saturated carbocycles. The van der Waals surface area contributed by atoms with Crippen LogP contribution in [0.25, 0.3) is 0 Å². The number of hydrogen-bond acceptors (Lipinski definition) is 3. The average molecular weight is 304 g/mol. The number of halogens is 1. The molecule has 0 spiro atoms. The lowest BCUT2D eigenvalue weighted by Gasteiger charge is -2.37. The molecule has 4 heteroatoms. The molecule has 0 radical (unpaired) electrons. The molecule has 76 valence electrons. The summed E-state index contributed by atoms with van der Waals surface area (Å²) in [5, 5.41) is 0. The van der Waals surface area contributed by atoms with Gasteiger partial charge in [-0.2, -0.15) is 0 Å². The van der Waals surface area contributed by atoms with Gasteiger partial charge in [0.05, 0.1) is 11.7 Å². The molecule has 0 saturated heterocycles. The van der Waals surface area contributed by atoms with E-state index in [2.05, 4.69) is 27.6 Å². The fourth-order valence-corrected chi connectivity index (χ4v) is 1.77. The normalized spacial score (nSPS) is 18.7. The molecular formula is C10H13IN2O. The van der Waals surface area contributed by atoms with Crippen molar-refractivity contribution in [2.24, 2.45) is 5.73 Å². The van der Waals surface area contributed by atoms with E-state index in [0.717, 1.165) is 22.3 Å². The highest BCUT2D eigenvalue weighted by Crippen LogP contribution is 2.29. The van der Waals surface area contributed by atoms with Gasteiger partial charge in [0.1, 0.15) is 16.1 Å². The monoisotopic (exact) mass is 304 g/mol. The third-order valence-electron chi connectivity index (χ3n) is 2.58. The van der Waals surface area contributed by atoms with Crippen LogP contribution in [0.5, 0.6) is 5.75 Å². The second kappa shape index (κ2) is 4.02. The summed E-state index contributed by atoms with van der Waals surface area (Å²) in [7, 11) is 0. The summed E-state index contributed by atoms with van der Waals surface area (Å²) in [5.41, 5.74) is 5.95. The van der Waals surface area contributed by atoms with Crippen molar-refractivity contribution in [1.29, 1.82) is 0 Å². The molecule has 0 atom stereocenters. The molecule has 14 heavy (non-hydrogen) atoms. The first-order valence-electron chi connectivity index (χ1n) is 4.71. The van der Waals surface area contributed by atoms with Crippen molar-refractivity contribution >= 4 is 22.6 Å². The molecule has 1 aromatic rings. The van der Waals surface area contributed by atoms with Crippen LogP contribution in [0.15, 0.2) is 18.3 Å². The van der Waals surface area contributed by atoms with Gasteiger partial charge in [-0.05, 0) is 54.0 Å². The molecule has 1 aliphatic carbocycles. The molecule has 0 unspecified atom stereocenters. The fraction of sp³-hybridized carbons (Fsp3) is 0.500. The van der Waals surface area contributed by atoms with Gasteiger partial charge in [0.15, 0.2) is 0 Å². The van der Waals surface area contributed by atoms with E-state index in [9.17, 15) is 0 Å². The topological polar surface area (TPSA) is 48.1 Å². The van der Waals surface area contributed by atoms with Crippen LogP contribution < -0.4 is 10.5 Å². The van der Waals surface area contributed by atoms with Crippen LogP contribution in [0.2, 0.25) is 0 Å². The number of nitrogens with two attached hydrogens (primary N) is 1. The first-order valence-corrected chi connectivity index (χ1v) is 5.79. The van der Waals surface area contributed by atoms with Crippen molar-refractivity contribution in [2.75, 3.05) is 6.61 Å². The Morgan fingerprint density at radius 1 is 1.50 bits per heavy atom. The van der Waals surface area contributed by atoms with Gasteiger partial charge in [-0.3, -0.25) is 0 Å². The van der Waals surface area contributed by atoms with Gasteiger partial charge in [0.25, 0.3) is 0 Å². The predicted molar refractivity (Wildman–Crippen MR) is 63.2 cm³/mol. The Morgan fingerprint density at radius 2 is 2.29 bits per heavy atom. The maximum atomic E-state index is 6.03. The van der Waals surface area contributed by atoms with Crippen molar-refractivity contribution in [3.8, 4) is 5.75 Å². The summed E-state index contributed by atoms with van der Waals surface area (Å²) < 4.78 is 6.55. The van der Waals surface area contributed by atoms with Gasteiger partial charge < -0.3 is 10.5 Å². The summed E-state index contributed by atoms with van der Waals surface area (Å²) >= 11 is 2.17. The van der Waals surface area contributed by atoms with Crippen LogP contribution in [0.4, 0.5) is 0 Å². The summed E-state index contributed by atoms with van der Waals surface area (Å²) in [5.74, 6) is 0.808. The molecule has 0 bridgehead atoms. The average Bonchev–Trinajstić information content (AvgIpc) is 2.14. The van der Waals surface area contributed by atoms with E-state index >= 15 is 0 Å². The molecular weight excluding hydrogens is 291 g/mol. The van der Waals surface area contributed by atoms with E-state index in [4.69, 9.17) is 10.5 Å². The summed E-state index contributed by atoms with van der Waals surface area (Å²) in [6, 6.07) is 3.86. The second-order valence-electron chi connectivity index (χ2n) is 3.82. The van der Waals surface area contributed by atoms with Crippen LogP contribution in [-0.4, -0.2) is 17.1 Å². The third-order valence-corrected chi connectivity index (χ3v) is 3.21. The molecule has 0 aliphatic heterocycles. The molecule has 0 amide bonds. The number of aromatic nitrogens is 1. The molecule has 3 nitrogen and oxygen atoms in total. The quantitative estimate of drug-likeness (QED) is 0.686. The highest BCUT2D eigenvalue weighted by Gasteiger charge is 2.33. The number of ether oxygens (including phenoxy) is 1. The van der Waals surface area contributed by atoms with E-state index in [1.54, 1.807) is 6.20 Å². The Labute approximate surface area is 97.2 Å². The van der Waals surface area contributed by atoms with E-state index in [1.165, 1.54) is 6.42 Å². The minimum Gasteiger partial charge on any atom is -0.490 e. The summed E-state index contributed by atoms with van der Waals surface area (Å²) in [6.07, 6.45) is 5.12. The van der Waals surface area contributed by atoms with E-state index in [1.807, 2.05) is 12.1 Å². The fourth-order valence-electron chi connectivity index (χ4n) is 1.45. The van der Waals surface area contributed by atoms with Crippen LogP contribution in [0, 0.1) is 3.70 Å². The zero-order chi connectivity index (χ0) is 10.0. The minimum atomic E-state index is -0.0804. The highest BCUT2D eigenvalue weighted by molar-refractivity contribution is 14.1. The van der Waals surface area contributed by atoms with Crippen molar-refractivity contribution in [1.82, 2.24) is 4.98 Å². The Balaban J connectivity index is 1.88. The number of hydrogen-bond donors (Lipinski definition) is 1. The molecule has 1 aromatic heterocycles. The van der Waals surface area contributed by atoms with Crippen LogP contribution in [0.1, 0.15) is 19.3 Å². The molecule has 2 N–H and O–H groups in total. The number of pyridine rings is 1. The van der Waals surface area contributed by atoms with E-state index in [0.29, 0.717) is 6.61 Å². The second-order valence-corrected chi connectivity index (χ2v) is 4.93. The first kappa shape index (κ1) is 10.2. The van der Waals surface area contributed by atoms with Crippen LogP contribution >= 0.6 is 22.6 Å². The first-order chi connectivity index (χ1) is 6.68. The maximum Gasteiger partial charge on any atom is 0.137 e. The van der Waals surface area contributed by atoms with Gasteiger partial charge in [-0.25, -0.2) is 4.98 Å².